The maximum absolute atomic E-state index is 13.2. The number of anilines is 1. The summed E-state index contributed by atoms with van der Waals surface area (Å²) in [5.41, 5.74) is 1.23. The van der Waals surface area contributed by atoms with Crippen LogP contribution in [0.2, 0.25) is 0 Å². The van der Waals surface area contributed by atoms with Gasteiger partial charge in [-0.1, -0.05) is 24.3 Å². The van der Waals surface area contributed by atoms with Crippen molar-refractivity contribution in [1.29, 1.82) is 0 Å². The molecule has 4 unspecified atom stereocenters. The van der Waals surface area contributed by atoms with Gasteiger partial charge in [-0.15, -0.1) is 0 Å². The zero-order valence-electron chi connectivity index (χ0n) is 20.2. The number of carbonyl (C=O) groups excluding carboxylic acids is 1. The fraction of sp³-hybridized carbons (Fsp3) is 0.393. The molecule has 190 valence electrons. The number of carbonyl (C=O) groups is 1. The minimum Gasteiger partial charge on any atom is -0.497 e. The van der Waals surface area contributed by atoms with Gasteiger partial charge in [-0.2, -0.15) is 0 Å². The lowest BCUT2D eigenvalue weighted by molar-refractivity contribution is -0.160. The van der Waals surface area contributed by atoms with E-state index in [4.69, 9.17) is 9.47 Å². The summed E-state index contributed by atoms with van der Waals surface area (Å²) in [6.45, 7) is 0. The molecule has 2 aromatic rings. The van der Waals surface area contributed by atoms with Crippen molar-refractivity contribution in [1.82, 2.24) is 0 Å². The lowest BCUT2D eigenvalue weighted by Crippen LogP contribution is -2.45. The van der Waals surface area contributed by atoms with Crippen molar-refractivity contribution < 1.29 is 27.8 Å². The van der Waals surface area contributed by atoms with Gasteiger partial charge >= 0.3 is 5.97 Å². The van der Waals surface area contributed by atoms with Crippen LogP contribution in [0.4, 0.5) is 5.69 Å². The number of aliphatic hydroxyl groups is 1. The summed E-state index contributed by atoms with van der Waals surface area (Å²) in [5.74, 6) is -0.243. The van der Waals surface area contributed by atoms with Crippen LogP contribution in [0.5, 0.6) is 5.75 Å². The molecule has 7 nitrogen and oxygen atoms in total. The molecular formula is C28H31NO6S. The first-order chi connectivity index (χ1) is 17.4. The third kappa shape index (κ3) is 5.06. The quantitative estimate of drug-likeness (QED) is 0.522. The van der Waals surface area contributed by atoms with Crippen LogP contribution >= 0.6 is 0 Å². The topological polar surface area (TPSA) is 102 Å². The third-order valence-electron chi connectivity index (χ3n) is 7.33. The fourth-order valence-electron chi connectivity index (χ4n) is 5.37. The van der Waals surface area contributed by atoms with Crippen molar-refractivity contribution in [3.63, 3.8) is 0 Å². The molecule has 3 aliphatic rings. The van der Waals surface area contributed by atoms with Crippen LogP contribution in [0, 0.1) is 17.8 Å². The highest BCUT2D eigenvalue weighted by Crippen LogP contribution is 2.51. The van der Waals surface area contributed by atoms with E-state index in [1.54, 1.807) is 36.4 Å². The number of benzene rings is 2. The van der Waals surface area contributed by atoms with E-state index in [1.165, 1.54) is 19.2 Å². The molecule has 1 aliphatic heterocycles. The highest BCUT2D eigenvalue weighted by Gasteiger charge is 2.50. The van der Waals surface area contributed by atoms with E-state index in [2.05, 4.69) is 4.72 Å². The highest BCUT2D eigenvalue weighted by atomic mass is 32.2. The van der Waals surface area contributed by atoms with Gasteiger partial charge in [0.15, 0.2) is 0 Å². The monoisotopic (exact) mass is 509 g/mol. The Kier molecular flexibility index (Phi) is 6.90. The van der Waals surface area contributed by atoms with Crippen LogP contribution in [0.1, 0.15) is 43.6 Å². The molecule has 0 aromatic heterocycles. The molecule has 36 heavy (non-hydrogen) atoms. The molecule has 0 bridgehead atoms. The number of hydrogen-bond acceptors (Lipinski definition) is 6. The second kappa shape index (κ2) is 10.1. The zero-order valence-corrected chi connectivity index (χ0v) is 21.0. The van der Waals surface area contributed by atoms with Gasteiger partial charge in [0, 0.05) is 17.5 Å². The van der Waals surface area contributed by atoms with Crippen molar-refractivity contribution in [2.75, 3.05) is 11.8 Å². The molecule has 2 aromatic carbocycles. The Morgan fingerprint density at radius 1 is 1.11 bits per heavy atom. The van der Waals surface area contributed by atoms with Crippen LogP contribution in [-0.2, 0) is 19.6 Å². The smallest absolute Gasteiger partial charge is 0.317 e. The van der Waals surface area contributed by atoms with Crippen molar-refractivity contribution >= 4 is 21.7 Å². The van der Waals surface area contributed by atoms with E-state index < -0.39 is 28.0 Å². The predicted molar refractivity (Wildman–Crippen MR) is 136 cm³/mol. The highest BCUT2D eigenvalue weighted by molar-refractivity contribution is 7.92. The van der Waals surface area contributed by atoms with Crippen molar-refractivity contribution in [2.45, 2.75) is 49.0 Å². The van der Waals surface area contributed by atoms with Crippen LogP contribution in [0.15, 0.2) is 77.4 Å². The largest absolute Gasteiger partial charge is 0.497 e. The number of esters is 1. The number of aliphatic hydroxyl groups excluding tert-OH is 1. The van der Waals surface area contributed by atoms with Crippen LogP contribution in [0.25, 0.3) is 0 Å². The summed E-state index contributed by atoms with van der Waals surface area (Å²) in [5, 5.41) is 11.4. The fourth-order valence-corrected chi connectivity index (χ4v) is 6.42. The standard InChI is InChI=1S/C28H31NO6S/c1-34-21-13-15-22(16-14-21)36(32,33)29-20-8-6-7-19(17-20)25(18-11-12-18)26-27(30)23-9-4-2-3-5-10-24(23)35-28(26)31/h3,5-8,10,13-18,23,25-27,29-30H,2,4,9,11-12H2,1H3. The van der Waals surface area contributed by atoms with E-state index in [1.807, 2.05) is 18.2 Å². The van der Waals surface area contributed by atoms with Crippen LogP contribution in [0.3, 0.4) is 0 Å². The van der Waals surface area contributed by atoms with Gasteiger partial charge < -0.3 is 14.6 Å². The van der Waals surface area contributed by atoms with Crippen LogP contribution in [-0.4, -0.2) is 32.7 Å². The van der Waals surface area contributed by atoms with E-state index >= 15 is 0 Å². The van der Waals surface area contributed by atoms with E-state index in [-0.39, 0.29) is 22.6 Å². The first-order valence-electron chi connectivity index (χ1n) is 12.4. The number of allylic oxidation sites excluding steroid dienone is 3. The molecule has 2 aliphatic carbocycles. The number of sulfonamides is 1. The minimum absolute atomic E-state index is 0.122. The van der Waals surface area contributed by atoms with Crippen molar-refractivity contribution in [3.05, 3.63) is 78.1 Å². The normalized spacial score (nSPS) is 25.0. The molecule has 2 fully saturated rings. The molecule has 4 atom stereocenters. The Morgan fingerprint density at radius 2 is 1.89 bits per heavy atom. The molecule has 0 spiro atoms. The Labute approximate surface area is 211 Å². The van der Waals surface area contributed by atoms with Crippen molar-refractivity contribution in [2.24, 2.45) is 17.8 Å². The molecule has 2 N–H and O–H groups in total. The lowest BCUT2D eigenvalue weighted by atomic mass is 9.72. The van der Waals surface area contributed by atoms with E-state index in [0.717, 1.165) is 37.7 Å². The summed E-state index contributed by atoms with van der Waals surface area (Å²) in [6.07, 6.45) is 9.37. The average molecular weight is 510 g/mol. The van der Waals surface area contributed by atoms with Gasteiger partial charge in [0.05, 0.1) is 24.0 Å². The summed E-state index contributed by atoms with van der Waals surface area (Å²) < 4.78 is 39.5. The van der Waals surface area contributed by atoms with Crippen LogP contribution < -0.4 is 9.46 Å². The number of methoxy groups -OCH3 is 1. The number of ether oxygens (including phenoxy) is 2. The lowest BCUT2D eigenvalue weighted by Gasteiger charge is -2.39. The summed E-state index contributed by atoms with van der Waals surface area (Å²) in [7, 11) is -2.29. The molecule has 1 saturated heterocycles. The second-order valence-corrected chi connectivity index (χ2v) is 11.4. The number of hydrogen-bond donors (Lipinski definition) is 2. The van der Waals surface area contributed by atoms with Gasteiger partial charge in [-0.05, 0) is 86.1 Å². The van der Waals surface area contributed by atoms with E-state index in [9.17, 15) is 18.3 Å². The minimum atomic E-state index is -3.82. The molecule has 8 heteroatoms. The SMILES string of the molecule is COc1ccc(S(=O)(=O)Nc2cccc(C(C3CC3)C3C(=O)OC4=CC=CCCCC4C3O)c2)cc1. The Balaban J connectivity index is 1.42. The van der Waals surface area contributed by atoms with Gasteiger partial charge in [0.2, 0.25) is 0 Å². The second-order valence-electron chi connectivity index (χ2n) is 9.74. The number of rotatable bonds is 7. The molecule has 1 heterocycles. The summed E-state index contributed by atoms with van der Waals surface area (Å²) in [4.78, 5) is 13.3. The Morgan fingerprint density at radius 3 is 2.61 bits per heavy atom. The van der Waals surface area contributed by atoms with E-state index in [0.29, 0.717) is 17.2 Å². The molecule has 1 saturated carbocycles. The zero-order chi connectivity index (χ0) is 25.3. The summed E-state index contributed by atoms with van der Waals surface area (Å²) >= 11 is 0. The van der Waals surface area contributed by atoms with Crippen molar-refractivity contribution in [3.8, 4) is 5.75 Å². The average Bonchev–Trinajstić information content (AvgIpc) is 3.68. The third-order valence-corrected chi connectivity index (χ3v) is 8.73. The Bertz CT molecular complexity index is 1280. The first-order valence-corrected chi connectivity index (χ1v) is 13.9. The molecular weight excluding hydrogens is 478 g/mol. The summed E-state index contributed by atoms with van der Waals surface area (Å²) in [6, 6.07) is 13.3. The predicted octanol–water partition coefficient (Wildman–Crippen LogP) is 4.76. The Hall–Kier alpha value is -3.10. The maximum atomic E-state index is 13.2. The molecule has 0 amide bonds. The van der Waals surface area contributed by atoms with Gasteiger partial charge in [0.25, 0.3) is 10.0 Å². The maximum Gasteiger partial charge on any atom is 0.317 e. The first kappa shape index (κ1) is 24.6. The molecule has 0 radical (unpaired) electrons. The molecule has 5 rings (SSSR count). The van der Waals surface area contributed by atoms with Gasteiger partial charge in [-0.3, -0.25) is 9.52 Å². The van der Waals surface area contributed by atoms with Gasteiger partial charge in [0.1, 0.15) is 11.5 Å². The number of nitrogens with one attached hydrogen (secondary N) is 1. The number of fused-ring (bicyclic) bond motifs is 1. The van der Waals surface area contributed by atoms with Gasteiger partial charge in [-0.25, -0.2) is 8.42 Å².